The smallest absolute Gasteiger partial charge is 0.175 e. The van der Waals surface area contributed by atoms with Crippen molar-refractivity contribution in [3.8, 4) is 0 Å². The molecule has 1 aromatic carbocycles. The molecule has 2 rings (SSSR count). The van der Waals surface area contributed by atoms with Crippen LogP contribution in [-0.2, 0) is 16.4 Å². The van der Waals surface area contributed by atoms with E-state index in [0.29, 0.717) is 10.8 Å². The van der Waals surface area contributed by atoms with Crippen molar-refractivity contribution in [3.05, 3.63) is 29.8 Å². The largest absolute Gasteiger partial charge is 0.328 e. The van der Waals surface area contributed by atoms with Gasteiger partial charge < -0.3 is 5.73 Å². The molecule has 112 valence electrons. The molecule has 0 spiro atoms. The van der Waals surface area contributed by atoms with Gasteiger partial charge >= 0.3 is 0 Å². The van der Waals surface area contributed by atoms with E-state index in [2.05, 4.69) is 11.8 Å². The number of benzene rings is 1. The molecule has 0 amide bonds. The van der Waals surface area contributed by atoms with E-state index in [-0.39, 0.29) is 6.04 Å². The maximum Gasteiger partial charge on any atom is 0.175 e. The molecule has 0 aromatic heterocycles. The average Bonchev–Trinajstić information content (AvgIpc) is 2.39. The number of nitrogens with zero attached hydrogens (tertiary/aromatic N) is 1. The highest BCUT2D eigenvalue weighted by molar-refractivity contribution is 7.90. The average molecular weight is 296 g/mol. The molecule has 0 saturated carbocycles. The number of piperidine rings is 1. The maximum atomic E-state index is 11.4. The fraction of sp³-hybridized carbons (Fsp3) is 0.600. The van der Waals surface area contributed by atoms with E-state index >= 15 is 0 Å². The van der Waals surface area contributed by atoms with Gasteiger partial charge in [-0.3, -0.25) is 4.90 Å². The lowest BCUT2D eigenvalue weighted by Crippen LogP contribution is -2.39. The molecule has 2 N–H and O–H groups in total. The van der Waals surface area contributed by atoms with Crippen molar-refractivity contribution in [1.82, 2.24) is 4.90 Å². The molecular weight excluding hydrogens is 272 g/mol. The van der Waals surface area contributed by atoms with Gasteiger partial charge in [0.05, 0.1) is 4.90 Å². The first kappa shape index (κ1) is 15.5. The molecule has 1 aliphatic heterocycles. The molecule has 0 aliphatic carbocycles. The van der Waals surface area contributed by atoms with Gasteiger partial charge in [-0.05, 0) is 56.5 Å². The van der Waals surface area contributed by atoms with Gasteiger partial charge in [0.15, 0.2) is 9.84 Å². The summed E-state index contributed by atoms with van der Waals surface area (Å²) in [5.41, 5.74) is 7.11. The van der Waals surface area contributed by atoms with E-state index < -0.39 is 9.84 Å². The number of likely N-dealkylation sites (tertiary alicyclic amines) is 1. The quantitative estimate of drug-likeness (QED) is 0.917. The van der Waals surface area contributed by atoms with E-state index in [1.165, 1.54) is 6.26 Å². The van der Waals surface area contributed by atoms with Gasteiger partial charge in [-0.25, -0.2) is 8.42 Å². The van der Waals surface area contributed by atoms with Crippen molar-refractivity contribution in [2.45, 2.75) is 37.2 Å². The Bertz CT molecular complexity index is 529. The van der Waals surface area contributed by atoms with Crippen LogP contribution in [0, 0.1) is 5.92 Å². The van der Waals surface area contributed by atoms with Gasteiger partial charge in [0.1, 0.15) is 0 Å². The molecule has 1 unspecified atom stereocenters. The first-order valence-electron chi connectivity index (χ1n) is 7.13. The molecule has 5 heteroatoms. The summed E-state index contributed by atoms with van der Waals surface area (Å²) in [4.78, 5) is 2.80. The van der Waals surface area contributed by atoms with Crippen LogP contribution in [0.5, 0.6) is 0 Å². The van der Waals surface area contributed by atoms with Crippen LogP contribution in [0.2, 0.25) is 0 Å². The lowest BCUT2D eigenvalue weighted by Gasteiger charge is -2.33. The molecule has 1 saturated heterocycles. The zero-order chi connectivity index (χ0) is 14.8. The van der Waals surface area contributed by atoms with Crippen LogP contribution in [0.15, 0.2) is 29.2 Å². The van der Waals surface area contributed by atoms with E-state index in [4.69, 9.17) is 5.73 Å². The fourth-order valence-corrected chi connectivity index (χ4v) is 3.37. The number of hydrogen-bond donors (Lipinski definition) is 1. The van der Waals surface area contributed by atoms with Crippen molar-refractivity contribution >= 4 is 9.84 Å². The second-order valence-corrected chi connectivity index (χ2v) is 7.90. The second kappa shape index (κ2) is 6.24. The Morgan fingerprint density at radius 1 is 1.25 bits per heavy atom. The Morgan fingerprint density at radius 2 is 1.80 bits per heavy atom. The molecule has 20 heavy (non-hydrogen) atoms. The third kappa shape index (κ3) is 4.04. The van der Waals surface area contributed by atoms with Crippen LogP contribution in [0.4, 0.5) is 0 Å². The monoisotopic (exact) mass is 296 g/mol. The molecule has 1 atom stereocenters. The zero-order valence-corrected chi connectivity index (χ0v) is 13.1. The summed E-state index contributed by atoms with van der Waals surface area (Å²) in [6, 6.07) is 7.49. The third-order valence-electron chi connectivity index (χ3n) is 4.13. The third-order valence-corrected chi connectivity index (χ3v) is 5.26. The highest BCUT2D eigenvalue weighted by Crippen LogP contribution is 2.21. The Kier molecular flexibility index (Phi) is 4.83. The first-order valence-corrected chi connectivity index (χ1v) is 9.02. The Morgan fingerprint density at radius 3 is 2.25 bits per heavy atom. The van der Waals surface area contributed by atoms with Crippen LogP contribution in [-0.4, -0.2) is 38.7 Å². The summed E-state index contributed by atoms with van der Waals surface area (Å²) >= 11 is 0. The van der Waals surface area contributed by atoms with Crippen LogP contribution >= 0.6 is 0 Å². The lowest BCUT2D eigenvalue weighted by molar-refractivity contribution is 0.165. The van der Waals surface area contributed by atoms with Gasteiger partial charge in [0.2, 0.25) is 0 Å². The van der Waals surface area contributed by atoms with E-state index in [0.717, 1.165) is 38.0 Å². The standard InChI is InChI=1S/C15H24N2O2S/c1-12(16)14-7-9-17(10-8-14)11-13-3-5-15(6-4-13)20(2,18)19/h3-6,12,14H,7-11,16H2,1-2H3. The normalized spacial score (nSPS) is 19.9. The predicted octanol–water partition coefficient (Wildman–Crippen LogP) is 1.65. The summed E-state index contributed by atoms with van der Waals surface area (Å²) < 4.78 is 22.8. The van der Waals surface area contributed by atoms with E-state index in [1.54, 1.807) is 12.1 Å². The highest BCUT2D eigenvalue weighted by Gasteiger charge is 2.21. The topological polar surface area (TPSA) is 63.4 Å². The molecule has 0 bridgehead atoms. The molecule has 4 nitrogen and oxygen atoms in total. The summed E-state index contributed by atoms with van der Waals surface area (Å²) in [6.45, 7) is 5.11. The molecule has 1 heterocycles. The Balaban J connectivity index is 1.92. The van der Waals surface area contributed by atoms with Crippen molar-refractivity contribution in [1.29, 1.82) is 0 Å². The summed E-state index contributed by atoms with van der Waals surface area (Å²) in [6.07, 6.45) is 3.54. The Labute approximate surface area is 121 Å². The zero-order valence-electron chi connectivity index (χ0n) is 12.2. The number of hydrogen-bond acceptors (Lipinski definition) is 4. The highest BCUT2D eigenvalue weighted by atomic mass is 32.2. The minimum Gasteiger partial charge on any atom is -0.328 e. The van der Waals surface area contributed by atoms with Gasteiger partial charge in [0, 0.05) is 18.8 Å². The van der Waals surface area contributed by atoms with Gasteiger partial charge in [0.25, 0.3) is 0 Å². The molecule has 1 fully saturated rings. The lowest BCUT2D eigenvalue weighted by atomic mass is 9.91. The molecular formula is C15H24N2O2S. The number of rotatable bonds is 4. The second-order valence-electron chi connectivity index (χ2n) is 5.89. The maximum absolute atomic E-state index is 11.4. The van der Waals surface area contributed by atoms with Crippen LogP contribution in [0.25, 0.3) is 0 Å². The summed E-state index contributed by atoms with van der Waals surface area (Å²) in [5.74, 6) is 0.638. The van der Waals surface area contributed by atoms with Crippen molar-refractivity contribution in [2.24, 2.45) is 11.7 Å². The minimum atomic E-state index is -3.10. The fourth-order valence-electron chi connectivity index (χ4n) is 2.74. The van der Waals surface area contributed by atoms with Gasteiger partial charge in [-0.15, -0.1) is 0 Å². The van der Waals surface area contributed by atoms with Crippen LogP contribution in [0.1, 0.15) is 25.3 Å². The SMILES string of the molecule is CC(N)C1CCN(Cc2ccc(S(C)(=O)=O)cc2)CC1. The minimum absolute atomic E-state index is 0.284. The van der Waals surface area contributed by atoms with Crippen molar-refractivity contribution in [3.63, 3.8) is 0 Å². The molecule has 1 aromatic rings. The summed E-state index contributed by atoms with van der Waals surface area (Å²) in [5, 5.41) is 0. The summed E-state index contributed by atoms with van der Waals surface area (Å²) in [7, 11) is -3.10. The molecule has 1 aliphatic rings. The first-order chi connectivity index (χ1) is 9.36. The van der Waals surface area contributed by atoms with Crippen molar-refractivity contribution in [2.75, 3.05) is 19.3 Å². The van der Waals surface area contributed by atoms with Gasteiger partial charge in [-0.1, -0.05) is 12.1 Å². The van der Waals surface area contributed by atoms with Crippen LogP contribution in [0.3, 0.4) is 0 Å². The molecule has 0 radical (unpaired) electrons. The van der Waals surface area contributed by atoms with Crippen molar-refractivity contribution < 1.29 is 8.42 Å². The van der Waals surface area contributed by atoms with Gasteiger partial charge in [-0.2, -0.15) is 0 Å². The number of sulfone groups is 1. The van der Waals surface area contributed by atoms with Crippen LogP contribution < -0.4 is 5.73 Å². The van der Waals surface area contributed by atoms with E-state index in [9.17, 15) is 8.42 Å². The number of nitrogens with two attached hydrogens (primary N) is 1. The van der Waals surface area contributed by atoms with E-state index in [1.807, 2.05) is 12.1 Å². The predicted molar refractivity (Wildman–Crippen MR) is 81.2 cm³/mol. The Hall–Kier alpha value is -0.910.